The molecular formula is C9H17NO. The Labute approximate surface area is 68.5 Å². The molecule has 0 fully saturated rings. The molecule has 2 heteroatoms. The van der Waals surface area contributed by atoms with Crippen LogP contribution < -0.4 is 0 Å². The van der Waals surface area contributed by atoms with Gasteiger partial charge in [-0.25, -0.2) is 0 Å². The summed E-state index contributed by atoms with van der Waals surface area (Å²) in [5.74, 6) is 0.371. The van der Waals surface area contributed by atoms with E-state index in [0.29, 0.717) is 5.92 Å². The molecule has 1 heterocycles. The Morgan fingerprint density at radius 1 is 1.36 bits per heavy atom. The van der Waals surface area contributed by atoms with Crippen LogP contribution in [0.4, 0.5) is 0 Å². The average Bonchev–Trinajstić information content (AvgIpc) is 2.39. The van der Waals surface area contributed by atoms with E-state index in [1.165, 1.54) is 0 Å². The number of hydrogen-bond donors (Lipinski definition) is 1. The SMILES string of the molecule is CC(C)C(O)CN1CC=CC1. The molecule has 0 spiro atoms. The maximum Gasteiger partial charge on any atom is 0.0690 e. The third kappa shape index (κ3) is 2.64. The van der Waals surface area contributed by atoms with Crippen molar-refractivity contribution in [1.29, 1.82) is 0 Å². The number of aliphatic hydroxyl groups is 1. The fourth-order valence-electron chi connectivity index (χ4n) is 1.15. The Morgan fingerprint density at radius 2 is 1.91 bits per heavy atom. The van der Waals surface area contributed by atoms with Gasteiger partial charge in [0.2, 0.25) is 0 Å². The summed E-state index contributed by atoms with van der Waals surface area (Å²) in [6.07, 6.45) is 4.12. The highest BCUT2D eigenvalue weighted by molar-refractivity contribution is 4.95. The van der Waals surface area contributed by atoms with Crippen molar-refractivity contribution in [3.63, 3.8) is 0 Å². The van der Waals surface area contributed by atoms with E-state index in [-0.39, 0.29) is 6.10 Å². The van der Waals surface area contributed by atoms with Gasteiger partial charge >= 0.3 is 0 Å². The third-order valence-electron chi connectivity index (χ3n) is 2.11. The molecule has 0 amide bonds. The Balaban J connectivity index is 2.20. The van der Waals surface area contributed by atoms with Crippen LogP contribution in [0.3, 0.4) is 0 Å². The van der Waals surface area contributed by atoms with Gasteiger partial charge in [0.1, 0.15) is 0 Å². The molecule has 0 aliphatic carbocycles. The zero-order chi connectivity index (χ0) is 8.27. The molecule has 1 N–H and O–H groups in total. The van der Waals surface area contributed by atoms with E-state index in [1.54, 1.807) is 0 Å². The van der Waals surface area contributed by atoms with Crippen LogP contribution in [0.2, 0.25) is 0 Å². The van der Waals surface area contributed by atoms with Crippen molar-refractivity contribution in [2.75, 3.05) is 19.6 Å². The van der Waals surface area contributed by atoms with Crippen LogP contribution in [0.5, 0.6) is 0 Å². The van der Waals surface area contributed by atoms with Crippen molar-refractivity contribution in [1.82, 2.24) is 4.90 Å². The molecule has 0 radical (unpaired) electrons. The molecule has 2 nitrogen and oxygen atoms in total. The Bertz CT molecular complexity index is 134. The first-order valence-corrected chi connectivity index (χ1v) is 4.25. The molecule has 1 aliphatic rings. The first-order valence-electron chi connectivity index (χ1n) is 4.25. The predicted octanol–water partition coefficient (Wildman–Crippen LogP) is 0.875. The van der Waals surface area contributed by atoms with Gasteiger partial charge in [-0.2, -0.15) is 0 Å². The van der Waals surface area contributed by atoms with Crippen molar-refractivity contribution < 1.29 is 5.11 Å². The standard InChI is InChI=1S/C9H17NO/c1-8(2)9(11)7-10-5-3-4-6-10/h3-4,8-9,11H,5-7H2,1-2H3. The second-order valence-electron chi connectivity index (χ2n) is 3.50. The van der Waals surface area contributed by atoms with Gasteiger partial charge in [0.15, 0.2) is 0 Å². The summed E-state index contributed by atoms with van der Waals surface area (Å²) >= 11 is 0. The van der Waals surface area contributed by atoms with Gasteiger partial charge in [-0.1, -0.05) is 26.0 Å². The minimum atomic E-state index is -0.171. The number of hydrogen-bond acceptors (Lipinski definition) is 2. The smallest absolute Gasteiger partial charge is 0.0690 e. The van der Waals surface area contributed by atoms with Crippen LogP contribution in [0.15, 0.2) is 12.2 Å². The van der Waals surface area contributed by atoms with Gasteiger partial charge in [-0.05, 0) is 5.92 Å². The monoisotopic (exact) mass is 155 g/mol. The molecule has 0 aromatic rings. The quantitative estimate of drug-likeness (QED) is 0.611. The minimum Gasteiger partial charge on any atom is -0.392 e. The van der Waals surface area contributed by atoms with Gasteiger partial charge in [0.25, 0.3) is 0 Å². The zero-order valence-corrected chi connectivity index (χ0v) is 7.33. The summed E-state index contributed by atoms with van der Waals surface area (Å²) in [6.45, 7) is 6.92. The van der Waals surface area contributed by atoms with Gasteiger partial charge in [0.05, 0.1) is 6.10 Å². The predicted molar refractivity (Wildman–Crippen MR) is 46.4 cm³/mol. The lowest BCUT2D eigenvalue weighted by Crippen LogP contribution is -2.33. The Morgan fingerprint density at radius 3 is 2.36 bits per heavy atom. The molecule has 0 aromatic heterocycles. The van der Waals surface area contributed by atoms with Crippen molar-refractivity contribution in [3.05, 3.63) is 12.2 Å². The highest BCUT2D eigenvalue weighted by Crippen LogP contribution is 2.06. The number of nitrogens with zero attached hydrogens (tertiary/aromatic N) is 1. The third-order valence-corrected chi connectivity index (χ3v) is 2.11. The number of rotatable bonds is 3. The van der Waals surface area contributed by atoms with Gasteiger partial charge in [-0.3, -0.25) is 4.90 Å². The molecule has 1 unspecified atom stereocenters. The van der Waals surface area contributed by atoms with Crippen LogP contribution in [0.25, 0.3) is 0 Å². The summed E-state index contributed by atoms with van der Waals surface area (Å²) in [5.41, 5.74) is 0. The van der Waals surface area contributed by atoms with E-state index in [0.717, 1.165) is 19.6 Å². The van der Waals surface area contributed by atoms with E-state index in [1.807, 2.05) is 13.8 Å². The van der Waals surface area contributed by atoms with Crippen LogP contribution in [-0.4, -0.2) is 35.7 Å². The summed E-state index contributed by atoms with van der Waals surface area (Å²) in [6, 6.07) is 0. The summed E-state index contributed by atoms with van der Waals surface area (Å²) < 4.78 is 0. The summed E-state index contributed by atoms with van der Waals surface area (Å²) in [7, 11) is 0. The summed E-state index contributed by atoms with van der Waals surface area (Å²) in [4.78, 5) is 2.24. The molecule has 0 aromatic carbocycles. The van der Waals surface area contributed by atoms with Crippen molar-refractivity contribution >= 4 is 0 Å². The van der Waals surface area contributed by atoms with Crippen LogP contribution in [-0.2, 0) is 0 Å². The minimum absolute atomic E-state index is 0.171. The van der Waals surface area contributed by atoms with E-state index >= 15 is 0 Å². The fraction of sp³-hybridized carbons (Fsp3) is 0.778. The lowest BCUT2D eigenvalue weighted by molar-refractivity contribution is 0.0875. The van der Waals surface area contributed by atoms with Crippen LogP contribution in [0, 0.1) is 5.92 Å². The van der Waals surface area contributed by atoms with E-state index in [2.05, 4.69) is 17.1 Å². The lowest BCUT2D eigenvalue weighted by atomic mass is 10.1. The maximum atomic E-state index is 9.52. The first kappa shape index (κ1) is 8.75. The molecule has 1 atom stereocenters. The molecule has 0 saturated heterocycles. The summed E-state index contributed by atoms with van der Waals surface area (Å²) in [5, 5.41) is 9.52. The topological polar surface area (TPSA) is 23.5 Å². The molecule has 0 bridgehead atoms. The van der Waals surface area contributed by atoms with Crippen molar-refractivity contribution in [2.24, 2.45) is 5.92 Å². The number of aliphatic hydroxyl groups excluding tert-OH is 1. The Kier molecular flexibility index (Phi) is 3.09. The second-order valence-corrected chi connectivity index (χ2v) is 3.50. The van der Waals surface area contributed by atoms with Gasteiger partial charge in [0, 0.05) is 19.6 Å². The molecule has 0 saturated carbocycles. The molecule has 11 heavy (non-hydrogen) atoms. The number of β-amino-alcohol motifs (C(OH)–C–C–N with tert-alkyl or cyclic N) is 1. The average molecular weight is 155 g/mol. The highest BCUT2D eigenvalue weighted by Gasteiger charge is 2.14. The molecule has 1 rings (SSSR count). The molecule has 1 aliphatic heterocycles. The molecule has 64 valence electrons. The normalized spacial score (nSPS) is 21.5. The largest absolute Gasteiger partial charge is 0.392 e. The van der Waals surface area contributed by atoms with Crippen LogP contribution in [0.1, 0.15) is 13.8 Å². The molecular weight excluding hydrogens is 138 g/mol. The first-order chi connectivity index (χ1) is 5.20. The van der Waals surface area contributed by atoms with Gasteiger partial charge in [-0.15, -0.1) is 0 Å². The second kappa shape index (κ2) is 3.88. The van der Waals surface area contributed by atoms with E-state index in [9.17, 15) is 5.11 Å². The van der Waals surface area contributed by atoms with Crippen molar-refractivity contribution in [2.45, 2.75) is 20.0 Å². The Hall–Kier alpha value is -0.340. The van der Waals surface area contributed by atoms with E-state index in [4.69, 9.17) is 0 Å². The highest BCUT2D eigenvalue weighted by atomic mass is 16.3. The maximum absolute atomic E-state index is 9.52. The lowest BCUT2D eigenvalue weighted by Gasteiger charge is -2.21. The van der Waals surface area contributed by atoms with Gasteiger partial charge < -0.3 is 5.11 Å². The van der Waals surface area contributed by atoms with Crippen LogP contribution >= 0.6 is 0 Å². The fourth-order valence-corrected chi connectivity index (χ4v) is 1.15. The van der Waals surface area contributed by atoms with E-state index < -0.39 is 0 Å². The van der Waals surface area contributed by atoms with Crippen molar-refractivity contribution in [3.8, 4) is 0 Å². The zero-order valence-electron chi connectivity index (χ0n) is 7.33.